The third kappa shape index (κ3) is 3.95. The Bertz CT molecular complexity index is 785. The molecule has 2 heterocycles. The Hall–Kier alpha value is -0.950. The van der Waals surface area contributed by atoms with Gasteiger partial charge in [0, 0.05) is 25.3 Å². The molecule has 1 N–H and O–H groups in total. The van der Waals surface area contributed by atoms with Crippen molar-refractivity contribution in [3.63, 3.8) is 0 Å². The first-order chi connectivity index (χ1) is 12.8. The predicted octanol–water partition coefficient (Wildman–Crippen LogP) is 2.83. The number of piperidine rings is 1. The summed E-state index contributed by atoms with van der Waals surface area (Å²) in [6.07, 6.45) is 5.41. The first-order valence-electron chi connectivity index (χ1n) is 10.3. The van der Waals surface area contributed by atoms with Crippen LogP contribution in [0.3, 0.4) is 0 Å². The van der Waals surface area contributed by atoms with Crippen LogP contribution >= 0.6 is 0 Å². The molecule has 0 aromatic heterocycles. The van der Waals surface area contributed by atoms with Gasteiger partial charge in [-0.05, 0) is 68.8 Å². The number of hydrogen-bond donors (Lipinski definition) is 1. The monoisotopic (exact) mass is 392 g/mol. The Balaban J connectivity index is 1.35. The van der Waals surface area contributed by atoms with E-state index in [1.54, 1.807) is 0 Å². The van der Waals surface area contributed by atoms with Crippen LogP contribution in [0.15, 0.2) is 18.2 Å². The molecular formula is C21H32N2O3S. The zero-order valence-electron chi connectivity index (χ0n) is 16.6. The number of nitrogens with one attached hydrogen (secondary N) is 1. The third-order valence-corrected chi connectivity index (χ3v) is 7.96. The van der Waals surface area contributed by atoms with E-state index in [9.17, 15) is 8.42 Å². The maximum atomic E-state index is 12.1. The Morgan fingerprint density at radius 3 is 2.67 bits per heavy atom. The molecule has 0 saturated carbocycles. The van der Waals surface area contributed by atoms with Crippen LogP contribution in [0.5, 0.6) is 0 Å². The van der Waals surface area contributed by atoms with Gasteiger partial charge >= 0.3 is 0 Å². The first-order valence-corrected chi connectivity index (χ1v) is 12.2. The predicted molar refractivity (Wildman–Crippen MR) is 107 cm³/mol. The highest BCUT2D eigenvalue weighted by Crippen LogP contribution is 2.44. The van der Waals surface area contributed by atoms with E-state index in [-0.39, 0.29) is 12.1 Å². The van der Waals surface area contributed by atoms with Gasteiger partial charge in [0.25, 0.3) is 0 Å². The minimum atomic E-state index is -3.12. The Labute approximate surface area is 163 Å². The van der Waals surface area contributed by atoms with Crippen molar-refractivity contribution in [2.24, 2.45) is 5.92 Å². The summed E-state index contributed by atoms with van der Waals surface area (Å²) in [6, 6.07) is 7.02. The van der Waals surface area contributed by atoms with Crippen LogP contribution in [0.1, 0.15) is 61.9 Å². The summed E-state index contributed by atoms with van der Waals surface area (Å²) < 4.78 is 30.4. The molecule has 5 nitrogen and oxygen atoms in total. The number of fused-ring (bicyclic) bond motifs is 1. The average molecular weight is 393 g/mol. The second-order valence-corrected chi connectivity index (χ2v) is 11.0. The van der Waals surface area contributed by atoms with E-state index in [0.29, 0.717) is 12.5 Å². The number of rotatable bonds is 6. The number of likely N-dealkylation sites (tertiary alicyclic amines) is 1. The summed E-state index contributed by atoms with van der Waals surface area (Å²) in [6.45, 7) is 7.66. The van der Waals surface area contributed by atoms with Gasteiger partial charge in [-0.1, -0.05) is 18.2 Å². The highest BCUT2D eigenvalue weighted by molar-refractivity contribution is 7.91. The molecule has 2 aliphatic heterocycles. The lowest BCUT2D eigenvalue weighted by molar-refractivity contribution is 0.00599. The van der Waals surface area contributed by atoms with Crippen LogP contribution in [0.4, 0.5) is 0 Å². The highest BCUT2D eigenvalue weighted by Gasteiger charge is 2.40. The van der Waals surface area contributed by atoms with Crippen LogP contribution < -0.4 is 5.32 Å². The molecule has 2 aliphatic carbocycles. The number of ether oxygens (including phenoxy) is 1. The fourth-order valence-electron chi connectivity index (χ4n) is 4.86. The fraction of sp³-hybridized carbons (Fsp3) is 0.714. The van der Waals surface area contributed by atoms with Gasteiger partial charge in [-0.2, -0.15) is 0 Å². The van der Waals surface area contributed by atoms with E-state index in [2.05, 4.69) is 42.3 Å². The number of hydrogen-bond acceptors (Lipinski definition) is 5. The SMILES string of the molecule is CC(C)N1CCC(CCOC2c3ccc4c(c3)CC(S(C)(=O)=O)NC42)CC1. The summed E-state index contributed by atoms with van der Waals surface area (Å²) in [5.74, 6) is 0.739. The molecule has 150 valence electrons. The Morgan fingerprint density at radius 2 is 2.00 bits per heavy atom. The summed E-state index contributed by atoms with van der Waals surface area (Å²) in [7, 11) is -3.12. The van der Waals surface area contributed by atoms with Crippen LogP contribution in [-0.4, -0.2) is 50.7 Å². The molecule has 0 amide bonds. The lowest BCUT2D eigenvalue weighted by Gasteiger charge is -2.41. The smallest absolute Gasteiger partial charge is 0.163 e. The van der Waals surface area contributed by atoms with E-state index in [1.807, 2.05) is 0 Å². The second kappa shape index (κ2) is 7.47. The van der Waals surface area contributed by atoms with Gasteiger partial charge in [-0.3, -0.25) is 5.32 Å². The standard InChI is InChI=1S/C21H32N2O3S/c1-14(2)23-9-6-15(7-10-23)8-11-26-21-16-4-5-18-17(12-16)13-19(22-20(18)21)27(3,24)25/h4-5,12,14-15,19-22H,6-11,13H2,1-3H3. The molecule has 3 unspecified atom stereocenters. The number of sulfone groups is 1. The van der Waals surface area contributed by atoms with Gasteiger partial charge < -0.3 is 9.64 Å². The van der Waals surface area contributed by atoms with Gasteiger partial charge in [0.15, 0.2) is 9.84 Å². The lowest BCUT2D eigenvalue weighted by Crippen LogP contribution is -2.48. The van der Waals surface area contributed by atoms with E-state index in [4.69, 9.17) is 4.74 Å². The Morgan fingerprint density at radius 1 is 1.26 bits per heavy atom. The Kier molecular flexibility index (Phi) is 5.36. The molecule has 27 heavy (non-hydrogen) atoms. The molecule has 1 saturated heterocycles. The van der Waals surface area contributed by atoms with E-state index < -0.39 is 15.2 Å². The van der Waals surface area contributed by atoms with Crippen LogP contribution in [0.25, 0.3) is 0 Å². The zero-order valence-corrected chi connectivity index (χ0v) is 17.5. The normalized spacial score (nSPS) is 28.8. The average Bonchev–Trinajstić information content (AvgIpc) is 2.63. The summed E-state index contributed by atoms with van der Waals surface area (Å²) >= 11 is 0. The van der Waals surface area contributed by atoms with Crippen molar-refractivity contribution in [2.45, 2.75) is 63.1 Å². The second-order valence-electron chi connectivity index (χ2n) is 8.78. The molecule has 0 spiro atoms. The molecule has 0 radical (unpaired) electrons. The summed E-state index contributed by atoms with van der Waals surface area (Å²) in [5.41, 5.74) is 3.55. The third-order valence-electron chi connectivity index (χ3n) is 6.62. The van der Waals surface area contributed by atoms with Gasteiger partial charge in [0.05, 0.1) is 6.04 Å². The van der Waals surface area contributed by atoms with Gasteiger partial charge in [0.2, 0.25) is 0 Å². The molecule has 5 rings (SSSR count). The highest BCUT2D eigenvalue weighted by atomic mass is 32.2. The van der Waals surface area contributed by atoms with Crippen LogP contribution in [0.2, 0.25) is 0 Å². The molecule has 1 aromatic rings. The molecule has 6 heteroatoms. The summed E-state index contributed by atoms with van der Waals surface area (Å²) in [4.78, 5) is 2.55. The minimum Gasteiger partial charge on any atom is -0.372 e. The van der Waals surface area contributed by atoms with Gasteiger partial charge in [-0.15, -0.1) is 0 Å². The first kappa shape index (κ1) is 19.4. The van der Waals surface area contributed by atoms with Crippen molar-refractivity contribution < 1.29 is 13.2 Å². The van der Waals surface area contributed by atoms with Crippen molar-refractivity contribution in [2.75, 3.05) is 26.0 Å². The number of benzene rings is 1. The zero-order chi connectivity index (χ0) is 19.2. The lowest BCUT2D eigenvalue weighted by atomic mass is 9.80. The minimum absolute atomic E-state index is 0.0266. The van der Waals surface area contributed by atoms with E-state index in [0.717, 1.165) is 24.5 Å². The molecular weight excluding hydrogens is 360 g/mol. The van der Waals surface area contributed by atoms with E-state index in [1.165, 1.54) is 43.3 Å². The molecule has 1 aromatic carbocycles. The maximum absolute atomic E-state index is 12.1. The molecule has 3 atom stereocenters. The van der Waals surface area contributed by atoms with Crippen LogP contribution in [-0.2, 0) is 21.0 Å². The van der Waals surface area contributed by atoms with Crippen molar-refractivity contribution in [3.05, 3.63) is 34.9 Å². The van der Waals surface area contributed by atoms with Crippen molar-refractivity contribution in [1.82, 2.24) is 10.2 Å². The maximum Gasteiger partial charge on any atom is 0.163 e. The van der Waals surface area contributed by atoms with Crippen molar-refractivity contribution in [3.8, 4) is 0 Å². The molecule has 4 bridgehead atoms. The van der Waals surface area contributed by atoms with E-state index >= 15 is 0 Å². The largest absolute Gasteiger partial charge is 0.372 e. The fourth-order valence-corrected chi connectivity index (χ4v) is 5.74. The van der Waals surface area contributed by atoms with Crippen molar-refractivity contribution in [1.29, 1.82) is 0 Å². The quantitative estimate of drug-likeness (QED) is 0.807. The van der Waals surface area contributed by atoms with Crippen molar-refractivity contribution >= 4 is 9.84 Å². The number of nitrogens with zero attached hydrogens (tertiary/aromatic N) is 1. The topological polar surface area (TPSA) is 58.6 Å². The van der Waals surface area contributed by atoms with Crippen LogP contribution in [0, 0.1) is 5.92 Å². The molecule has 1 fully saturated rings. The van der Waals surface area contributed by atoms with Gasteiger partial charge in [0.1, 0.15) is 11.5 Å². The van der Waals surface area contributed by atoms with Gasteiger partial charge in [-0.25, -0.2) is 8.42 Å². The molecule has 4 aliphatic rings. The summed E-state index contributed by atoms with van der Waals surface area (Å²) in [5, 5.41) is 2.84.